The van der Waals surface area contributed by atoms with Gasteiger partial charge in [0.05, 0.1) is 5.56 Å². The highest BCUT2D eigenvalue weighted by molar-refractivity contribution is 9.10. The zero-order valence-electron chi connectivity index (χ0n) is 10.2. The van der Waals surface area contributed by atoms with Gasteiger partial charge >= 0.3 is 6.18 Å². The van der Waals surface area contributed by atoms with E-state index in [4.69, 9.17) is 0 Å². The molecule has 0 fully saturated rings. The molecule has 0 aliphatic heterocycles. The molecule has 0 spiro atoms. The number of rotatable bonds is 4. The zero-order valence-corrected chi connectivity index (χ0v) is 12.6. The van der Waals surface area contributed by atoms with Crippen LogP contribution in [0.15, 0.2) is 21.5 Å². The van der Waals surface area contributed by atoms with Crippen LogP contribution >= 0.6 is 15.9 Å². The molecule has 0 radical (unpaired) electrons. The van der Waals surface area contributed by atoms with E-state index in [0.29, 0.717) is 13.0 Å². The average Bonchev–Trinajstić information content (AvgIpc) is 2.25. The monoisotopic (exact) mass is 399 g/mol. The number of halogens is 7. The fourth-order valence-electron chi connectivity index (χ4n) is 1.32. The molecule has 0 amide bonds. The van der Waals surface area contributed by atoms with E-state index in [1.165, 1.54) is 4.72 Å². The molecule has 0 heterocycles. The van der Waals surface area contributed by atoms with E-state index in [0.717, 1.165) is 6.07 Å². The van der Waals surface area contributed by atoms with Gasteiger partial charge in [-0.1, -0.05) is 15.9 Å². The van der Waals surface area contributed by atoms with Crippen molar-refractivity contribution in [1.82, 2.24) is 4.72 Å². The minimum Gasteiger partial charge on any atom is -0.207 e. The molecule has 1 rings (SSSR count). The quantitative estimate of drug-likeness (QED) is 0.783. The predicted octanol–water partition coefficient (Wildman–Crippen LogP) is 3.75. The first-order valence-corrected chi connectivity index (χ1v) is 7.50. The van der Waals surface area contributed by atoms with Gasteiger partial charge in [0.25, 0.3) is 6.43 Å². The van der Waals surface area contributed by atoms with Crippen LogP contribution in [0.3, 0.4) is 0 Å². The Morgan fingerprint density at radius 1 is 1.24 bits per heavy atom. The molecule has 3 nitrogen and oxygen atoms in total. The Bertz CT molecular complexity index is 631. The number of sulfonamides is 1. The highest BCUT2D eigenvalue weighted by Gasteiger charge is 2.39. The summed E-state index contributed by atoms with van der Waals surface area (Å²) in [6.07, 6.45) is -8.24. The first-order chi connectivity index (χ1) is 9.38. The summed E-state index contributed by atoms with van der Waals surface area (Å²) >= 11 is 2.62. The fourth-order valence-corrected chi connectivity index (χ4v) is 3.12. The standard InChI is InChI=1S/C10H8BrF6NO2S/c1-4(10(15,16)17)18-21(19,20)6-3-2-5(11)7(8(6)12)9(13)14/h2-4,9,18H,1H3. The summed E-state index contributed by atoms with van der Waals surface area (Å²) in [6, 6.07) is -1.09. The van der Waals surface area contributed by atoms with Gasteiger partial charge in [-0.05, 0) is 19.1 Å². The van der Waals surface area contributed by atoms with Gasteiger partial charge in [-0.3, -0.25) is 0 Å². The van der Waals surface area contributed by atoms with Crippen molar-refractivity contribution in [2.45, 2.75) is 30.5 Å². The maximum absolute atomic E-state index is 13.8. The Kier molecular flexibility index (Phi) is 5.32. The van der Waals surface area contributed by atoms with Gasteiger partial charge in [0.15, 0.2) is 5.82 Å². The number of alkyl halides is 5. The van der Waals surface area contributed by atoms with Crippen LogP contribution in [0.1, 0.15) is 18.9 Å². The molecule has 0 saturated heterocycles. The summed E-state index contributed by atoms with van der Waals surface area (Å²) in [7, 11) is -4.95. The molecule has 1 atom stereocenters. The number of hydrogen-bond acceptors (Lipinski definition) is 2. The van der Waals surface area contributed by atoms with Crippen molar-refractivity contribution in [3.05, 3.63) is 28.0 Å². The molecule has 0 aromatic heterocycles. The predicted molar refractivity (Wildman–Crippen MR) is 64.9 cm³/mol. The van der Waals surface area contributed by atoms with Gasteiger partial charge in [0, 0.05) is 4.47 Å². The second-order valence-electron chi connectivity index (χ2n) is 3.96. The Hall–Kier alpha value is -0.810. The second-order valence-corrected chi connectivity index (χ2v) is 6.50. The first kappa shape index (κ1) is 18.2. The number of hydrogen-bond donors (Lipinski definition) is 1. The Balaban J connectivity index is 3.31. The SMILES string of the molecule is CC(NS(=O)(=O)c1ccc(Br)c(C(F)F)c1F)C(F)(F)F. The maximum atomic E-state index is 13.8. The van der Waals surface area contributed by atoms with Crippen molar-refractivity contribution >= 4 is 26.0 Å². The van der Waals surface area contributed by atoms with E-state index < -0.39 is 49.4 Å². The van der Waals surface area contributed by atoms with Crippen molar-refractivity contribution in [3.63, 3.8) is 0 Å². The highest BCUT2D eigenvalue weighted by Crippen LogP contribution is 2.33. The molecule has 0 aliphatic carbocycles. The molecule has 0 saturated carbocycles. The maximum Gasteiger partial charge on any atom is 0.404 e. The molecular weight excluding hydrogens is 392 g/mol. The first-order valence-electron chi connectivity index (χ1n) is 5.23. The van der Waals surface area contributed by atoms with E-state index in [1.54, 1.807) is 0 Å². The van der Waals surface area contributed by atoms with Gasteiger partial charge in [-0.25, -0.2) is 21.6 Å². The lowest BCUT2D eigenvalue weighted by Gasteiger charge is -2.18. The van der Waals surface area contributed by atoms with E-state index in [9.17, 15) is 34.8 Å². The Labute approximate surface area is 124 Å². The Morgan fingerprint density at radius 3 is 2.19 bits per heavy atom. The summed E-state index contributed by atoms with van der Waals surface area (Å²) in [5.74, 6) is -1.80. The van der Waals surface area contributed by atoms with Gasteiger partial charge in [0.2, 0.25) is 10.0 Å². The molecular formula is C10H8BrF6NO2S. The van der Waals surface area contributed by atoms with Crippen molar-refractivity contribution in [1.29, 1.82) is 0 Å². The molecule has 1 aromatic rings. The van der Waals surface area contributed by atoms with Crippen LogP contribution in [0.4, 0.5) is 26.3 Å². The topological polar surface area (TPSA) is 46.2 Å². The van der Waals surface area contributed by atoms with Crippen LogP contribution in [0.2, 0.25) is 0 Å². The van der Waals surface area contributed by atoms with E-state index >= 15 is 0 Å². The van der Waals surface area contributed by atoms with Crippen molar-refractivity contribution in [2.75, 3.05) is 0 Å². The largest absolute Gasteiger partial charge is 0.404 e. The molecule has 21 heavy (non-hydrogen) atoms. The van der Waals surface area contributed by atoms with E-state index in [-0.39, 0.29) is 0 Å². The smallest absolute Gasteiger partial charge is 0.207 e. The van der Waals surface area contributed by atoms with Crippen LogP contribution in [0, 0.1) is 5.82 Å². The summed E-state index contributed by atoms with van der Waals surface area (Å²) in [5.41, 5.74) is -1.24. The van der Waals surface area contributed by atoms with Crippen molar-refractivity contribution in [3.8, 4) is 0 Å². The minimum atomic E-state index is -4.95. The lowest BCUT2D eigenvalue weighted by molar-refractivity contribution is -0.147. The number of benzene rings is 1. The minimum absolute atomic E-state index is 0.391. The van der Waals surface area contributed by atoms with E-state index in [1.807, 2.05) is 0 Å². The average molecular weight is 400 g/mol. The van der Waals surface area contributed by atoms with Gasteiger partial charge < -0.3 is 0 Å². The Morgan fingerprint density at radius 2 is 1.76 bits per heavy atom. The van der Waals surface area contributed by atoms with Crippen LogP contribution in [0.25, 0.3) is 0 Å². The van der Waals surface area contributed by atoms with E-state index in [2.05, 4.69) is 15.9 Å². The molecule has 11 heteroatoms. The third-order valence-electron chi connectivity index (χ3n) is 2.42. The van der Waals surface area contributed by atoms with Gasteiger partial charge in [-0.15, -0.1) is 0 Å². The summed E-state index contributed by atoms with van der Waals surface area (Å²) < 4.78 is 100. The third kappa shape index (κ3) is 4.10. The van der Waals surface area contributed by atoms with Gasteiger partial charge in [0.1, 0.15) is 10.9 Å². The van der Waals surface area contributed by atoms with Crippen LogP contribution in [-0.4, -0.2) is 20.6 Å². The lowest BCUT2D eigenvalue weighted by atomic mass is 10.2. The lowest BCUT2D eigenvalue weighted by Crippen LogP contribution is -2.43. The zero-order chi connectivity index (χ0) is 16.6. The van der Waals surface area contributed by atoms with Crippen molar-refractivity contribution in [2.24, 2.45) is 0 Å². The molecule has 1 aromatic carbocycles. The second kappa shape index (κ2) is 6.13. The summed E-state index contributed by atoms with van der Waals surface area (Å²) in [4.78, 5) is -1.28. The number of nitrogens with one attached hydrogen (secondary N) is 1. The molecule has 1 unspecified atom stereocenters. The molecule has 0 aliphatic rings. The van der Waals surface area contributed by atoms with Crippen LogP contribution in [0.5, 0.6) is 0 Å². The van der Waals surface area contributed by atoms with Crippen molar-refractivity contribution < 1.29 is 34.8 Å². The normalized spacial score (nSPS) is 14.5. The summed E-state index contributed by atoms with van der Waals surface area (Å²) in [6.45, 7) is 0.502. The molecule has 120 valence electrons. The van der Waals surface area contributed by atoms with Crippen LogP contribution < -0.4 is 4.72 Å². The van der Waals surface area contributed by atoms with Gasteiger partial charge in [-0.2, -0.15) is 17.9 Å². The third-order valence-corrected chi connectivity index (χ3v) is 4.67. The summed E-state index contributed by atoms with van der Waals surface area (Å²) in [5, 5.41) is 0. The van der Waals surface area contributed by atoms with Crippen LogP contribution in [-0.2, 0) is 10.0 Å². The molecule has 1 N–H and O–H groups in total. The molecule has 0 bridgehead atoms. The fraction of sp³-hybridized carbons (Fsp3) is 0.400. The highest BCUT2D eigenvalue weighted by atomic mass is 79.9.